The summed E-state index contributed by atoms with van der Waals surface area (Å²) in [5, 5.41) is 9.52. The third-order valence-corrected chi connectivity index (χ3v) is 3.62. The van der Waals surface area contributed by atoms with Crippen LogP contribution in [0.15, 0.2) is 24.3 Å². The summed E-state index contributed by atoms with van der Waals surface area (Å²) in [7, 11) is 1.55. The molecule has 0 radical (unpaired) electrons. The maximum Gasteiger partial charge on any atom is 0.161 e. The normalized spacial score (nSPS) is 11.2. The lowest BCUT2D eigenvalue weighted by molar-refractivity contribution is 0.157. The van der Waals surface area contributed by atoms with Crippen LogP contribution in [0.3, 0.4) is 0 Å². The van der Waals surface area contributed by atoms with E-state index < -0.39 is 0 Å². The van der Waals surface area contributed by atoms with E-state index in [0.717, 1.165) is 18.6 Å². The average Bonchev–Trinajstić information content (AvgIpc) is 2.54. The van der Waals surface area contributed by atoms with Crippen molar-refractivity contribution >= 4 is 6.08 Å². The molecule has 0 saturated heterocycles. The first-order chi connectivity index (χ1) is 10.8. The van der Waals surface area contributed by atoms with Gasteiger partial charge in [0.1, 0.15) is 0 Å². The van der Waals surface area contributed by atoms with Crippen LogP contribution in [0.25, 0.3) is 6.08 Å². The Morgan fingerprint density at radius 1 is 1.05 bits per heavy atom. The average molecular weight is 306 g/mol. The van der Waals surface area contributed by atoms with Crippen LogP contribution in [-0.2, 0) is 4.74 Å². The van der Waals surface area contributed by atoms with Crippen molar-refractivity contribution in [1.29, 1.82) is 0 Å². The molecule has 1 aromatic rings. The fraction of sp³-hybridized carbons (Fsp3) is 0.579. The minimum atomic E-state index is 0.162. The summed E-state index contributed by atoms with van der Waals surface area (Å²) < 4.78 is 10.7. The Labute approximate surface area is 135 Å². The molecule has 0 amide bonds. The van der Waals surface area contributed by atoms with Gasteiger partial charge < -0.3 is 14.6 Å². The summed E-state index contributed by atoms with van der Waals surface area (Å²) in [6, 6.07) is 5.30. The number of rotatable bonds is 12. The lowest BCUT2D eigenvalue weighted by Gasteiger charge is -2.04. The Morgan fingerprint density at radius 3 is 2.50 bits per heavy atom. The van der Waals surface area contributed by atoms with Crippen LogP contribution in [0, 0.1) is 0 Å². The van der Waals surface area contributed by atoms with Crippen molar-refractivity contribution in [2.75, 3.05) is 20.3 Å². The van der Waals surface area contributed by atoms with Gasteiger partial charge in [0, 0.05) is 6.61 Å². The second-order valence-electron chi connectivity index (χ2n) is 5.53. The van der Waals surface area contributed by atoms with E-state index in [-0.39, 0.29) is 5.75 Å². The summed E-state index contributed by atoms with van der Waals surface area (Å²) in [4.78, 5) is 0. The predicted molar refractivity (Wildman–Crippen MR) is 92.5 cm³/mol. The topological polar surface area (TPSA) is 38.7 Å². The van der Waals surface area contributed by atoms with E-state index in [1.54, 1.807) is 13.2 Å². The number of hydrogen-bond donors (Lipinski definition) is 1. The Bertz CT molecular complexity index is 427. The van der Waals surface area contributed by atoms with Gasteiger partial charge in [-0.05, 0) is 24.1 Å². The molecular weight excluding hydrogens is 276 g/mol. The third-order valence-electron chi connectivity index (χ3n) is 3.62. The zero-order valence-corrected chi connectivity index (χ0v) is 14.0. The van der Waals surface area contributed by atoms with Gasteiger partial charge >= 0.3 is 0 Å². The van der Waals surface area contributed by atoms with Gasteiger partial charge in [0.25, 0.3) is 0 Å². The minimum Gasteiger partial charge on any atom is -0.504 e. The number of phenolic OH excluding ortho intramolecular Hbond substituents is 1. The number of hydrogen-bond acceptors (Lipinski definition) is 3. The molecule has 22 heavy (non-hydrogen) atoms. The van der Waals surface area contributed by atoms with Gasteiger partial charge in [0.2, 0.25) is 0 Å². The van der Waals surface area contributed by atoms with Crippen LogP contribution >= 0.6 is 0 Å². The summed E-state index contributed by atoms with van der Waals surface area (Å²) in [6.45, 7) is 3.70. The minimum absolute atomic E-state index is 0.162. The van der Waals surface area contributed by atoms with E-state index in [0.29, 0.717) is 12.4 Å². The highest BCUT2D eigenvalue weighted by Crippen LogP contribution is 2.26. The molecular formula is C19H30O3. The number of methoxy groups -OCH3 is 1. The zero-order valence-electron chi connectivity index (χ0n) is 14.0. The van der Waals surface area contributed by atoms with Crippen LogP contribution < -0.4 is 4.74 Å². The molecule has 0 aromatic heterocycles. The number of ether oxygens (including phenoxy) is 2. The molecule has 0 atom stereocenters. The van der Waals surface area contributed by atoms with Crippen molar-refractivity contribution < 1.29 is 14.6 Å². The molecule has 1 N–H and O–H groups in total. The monoisotopic (exact) mass is 306 g/mol. The SMILES string of the molecule is CCCCCCCCCOC/C=C/c1ccc(O)c(OC)c1. The second-order valence-corrected chi connectivity index (χ2v) is 5.53. The van der Waals surface area contributed by atoms with Crippen molar-refractivity contribution in [1.82, 2.24) is 0 Å². The molecule has 0 aliphatic heterocycles. The molecule has 0 aliphatic rings. The molecule has 0 fully saturated rings. The van der Waals surface area contributed by atoms with E-state index in [1.165, 1.54) is 38.5 Å². The molecule has 3 nitrogen and oxygen atoms in total. The fourth-order valence-corrected chi connectivity index (χ4v) is 2.29. The molecule has 3 heteroatoms. The molecule has 0 spiro atoms. The molecule has 1 rings (SSSR count). The molecule has 0 aliphatic carbocycles. The zero-order chi connectivity index (χ0) is 16.0. The van der Waals surface area contributed by atoms with Crippen molar-refractivity contribution in [3.05, 3.63) is 29.8 Å². The summed E-state index contributed by atoms with van der Waals surface area (Å²) in [6.07, 6.45) is 13.1. The van der Waals surface area contributed by atoms with Crippen molar-refractivity contribution in [2.24, 2.45) is 0 Å². The van der Waals surface area contributed by atoms with Gasteiger partial charge in [-0.25, -0.2) is 0 Å². The predicted octanol–water partition coefficient (Wildman–Crippen LogP) is 5.18. The first-order valence-corrected chi connectivity index (χ1v) is 8.39. The van der Waals surface area contributed by atoms with E-state index in [9.17, 15) is 5.11 Å². The lowest BCUT2D eigenvalue weighted by Crippen LogP contribution is -1.94. The summed E-state index contributed by atoms with van der Waals surface area (Å²) in [5.41, 5.74) is 0.995. The van der Waals surface area contributed by atoms with Gasteiger partial charge in [0.05, 0.1) is 13.7 Å². The highest BCUT2D eigenvalue weighted by molar-refractivity contribution is 5.55. The number of benzene rings is 1. The quantitative estimate of drug-likeness (QED) is 0.541. The third kappa shape index (κ3) is 8.08. The van der Waals surface area contributed by atoms with E-state index >= 15 is 0 Å². The van der Waals surface area contributed by atoms with Crippen LogP contribution in [0.2, 0.25) is 0 Å². The summed E-state index contributed by atoms with van der Waals surface area (Å²) >= 11 is 0. The van der Waals surface area contributed by atoms with Gasteiger partial charge in [-0.3, -0.25) is 0 Å². The van der Waals surface area contributed by atoms with Crippen molar-refractivity contribution in [2.45, 2.75) is 51.9 Å². The molecule has 0 unspecified atom stereocenters. The first kappa shape index (κ1) is 18.6. The van der Waals surface area contributed by atoms with Gasteiger partial charge in [-0.15, -0.1) is 0 Å². The van der Waals surface area contributed by atoms with Crippen LogP contribution in [0.4, 0.5) is 0 Å². The smallest absolute Gasteiger partial charge is 0.161 e. The Balaban J connectivity index is 2.07. The van der Waals surface area contributed by atoms with E-state index in [4.69, 9.17) is 9.47 Å². The maximum atomic E-state index is 9.52. The Hall–Kier alpha value is -1.48. The van der Waals surface area contributed by atoms with E-state index in [2.05, 4.69) is 6.92 Å². The standard InChI is InChI=1S/C19H30O3/c1-3-4-5-6-7-8-9-14-22-15-10-11-17-12-13-18(20)19(16-17)21-2/h10-13,16,20H,3-9,14-15H2,1-2H3/b11-10+. The van der Waals surface area contributed by atoms with Gasteiger partial charge in [0.15, 0.2) is 11.5 Å². The lowest BCUT2D eigenvalue weighted by atomic mass is 10.1. The Kier molecular flexibility index (Phi) is 10.2. The van der Waals surface area contributed by atoms with E-state index in [1.807, 2.05) is 24.3 Å². The second kappa shape index (κ2) is 12.1. The Morgan fingerprint density at radius 2 is 1.77 bits per heavy atom. The van der Waals surface area contributed by atoms with Gasteiger partial charge in [-0.1, -0.05) is 63.7 Å². The maximum absolute atomic E-state index is 9.52. The van der Waals surface area contributed by atoms with Crippen molar-refractivity contribution in [3.63, 3.8) is 0 Å². The first-order valence-electron chi connectivity index (χ1n) is 8.39. The van der Waals surface area contributed by atoms with Crippen molar-refractivity contribution in [3.8, 4) is 11.5 Å². The molecule has 0 saturated carbocycles. The number of phenols is 1. The van der Waals surface area contributed by atoms with Crippen LogP contribution in [0.1, 0.15) is 57.4 Å². The molecule has 1 aromatic carbocycles. The van der Waals surface area contributed by atoms with Crippen LogP contribution in [0.5, 0.6) is 11.5 Å². The van der Waals surface area contributed by atoms with Crippen LogP contribution in [-0.4, -0.2) is 25.4 Å². The highest BCUT2D eigenvalue weighted by atomic mass is 16.5. The largest absolute Gasteiger partial charge is 0.504 e. The number of unbranched alkanes of at least 4 members (excludes halogenated alkanes) is 6. The highest BCUT2D eigenvalue weighted by Gasteiger charge is 1.99. The molecule has 124 valence electrons. The number of aromatic hydroxyl groups is 1. The fourth-order valence-electron chi connectivity index (χ4n) is 2.29. The molecule has 0 bridgehead atoms. The molecule has 0 heterocycles. The van der Waals surface area contributed by atoms with Gasteiger partial charge in [-0.2, -0.15) is 0 Å². The summed E-state index contributed by atoms with van der Waals surface area (Å²) in [5.74, 6) is 0.654.